The SMILES string of the molecule is O=C(C=Cc1cccc2c1B(O)OC2)c1ccccc1. The molecule has 0 unspecified atom stereocenters. The van der Waals surface area contributed by atoms with Crippen LogP contribution in [-0.4, -0.2) is 17.9 Å². The molecule has 0 bridgehead atoms. The molecule has 4 heteroatoms. The van der Waals surface area contributed by atoms with Gasteiger partial charge in [0.05, 0.1) is 6.61 Å². The molecule has 0 fully saturated rings. The van der Waals surface area contributed by atoms with Crippen LogP contribution in [0.4, 0.5) is 0 Å². The van der Waals surface area contributed by atoms with Gasteiger partial charge in [-0.3, -0.25) is 4.79 Å². The van der Waals surface area contributed by atoms with E-state index < -0.39 is 7.12 Å². The fourth-order valence-electron chi connectivity index (χ4n) is 2.32. The van der Waals surface area contributed by atoms with Gasteiger partial charge >= 0.3 is 7.12 Å². The first-order valence-corrected chi connectivity index (χ1v) is 6.44. The van der Waals surface area contributed by atoms with Crippen molar-refractivity contribution in [1.82, 2.24) is 0 Å². The van der Waals surface area contributed by atoms with E-state index in [-0.39, 0.29) is 5.78 Å². The molecule has 0 spiro atoms. The van der Waals surface area contributed by atoms with Gasteiger partial charge in [0.15, 0.2) is 5.78 Å². The maximum atomic E-state index is 12.0. The minimum absolute atomic E-state index is 0.0587. The minimum atomic E-state index is -0.905. The van der Waals surface area contributed by atoms with Crippen LogP contribution in [0, 0.1) is 0 Å². The van der Waals surface area contributed by atoms with Crippen molar-refractivity contribution in [3.63, 3.8) is 0 Å². The second-order valence-electron chi connectivity index (χ2n) is 4.65. The lowest BCUT2D eigenvalue weighted by Gasteiger charge is -2.03. The zero-order valence-electron chi connectivity index (χ0n) is 10.8. The van der Waals surface area contributed by atoms with E-state index in [0.29, 0.717) is 12.2 Å². The van der Waals surface area contributed by atoms with Crippen LogP contribution in [-0.2, 0) is 11.3 Å². The summed E-state index contributed by atoms with van der Waals surface area (Å²) < 4.78 is 5.19. The number of ketones is 1. The molecule has 0 radical (unpaired) electrons. The van der Waals surface area contributed by atoms with Crippen molar-refractivity contribution in [1.29, 1.82) is 0 Å². The zero-order valence-corrected chi connectivity index (χ0v) is 10.8. The van der Waals surface area contributed by atoms with Gasteiger partial charge in [-0.25, -0.2) is 0 Å². The average molecular weight is 264 g/mol. The summed E-state index contributed by atoms with van der Waals surface area (Å²) in [4.78, 5) is 12.0. The first-order chi connectivity index (χ1) is 9.75. The van der Waals surface area contributed by atoms with Gasteiger partial charge in [0.25, 0.3) is 0 Å². The molecule has 3 rings (SSSR count). The van der Waals surface area contributed by atoms with Crippen LogP contribution in [0.3, 0.4) is 0 Å². The predicted molar refractivity (Wildman–Crippen MR) is 78.6 cm³/mol. The molecule has 2 aromatic rings. The molecule has 20 heavy (non-hydrogen) atoms. The van der Waals surface area contributed by atoms with Crippen LogP contribution >= 0.6 is 0 Å². The smallest absolute Gasteiger partial charge is 0.423 e. The maximum absolute atomic E-state index is 12.0. The lowest BCUT2D eigenvalue weighted by Crippen LogP contribution is -2.30. The molecular formula is C16H13BO3. The van der Waals surface area contributed by atoms with Gasteiger partial charge in [0, 0.05) is 5.56 Å². The second kappa shape index (κ2) is 5.45. The van der Waals surface area contributed by atoms with E-state index in [1.165, 1.54) is 6.08 Å². The van der Waals surface area contributed by atoms with E-state index in [1.54, 1.807) is 18.2 Å². The third-order valence-electron chi connectivity index (χ3n) is 3.35. The summed E-state index contributed by atoms with van der Waals surface area (Å²) in [5.74, 6) is -0.0587. The number of carbonyl (C=O) groups excluding carboxylic acids is 1. The molecule has 1 aliphatic heterocycles. The molecule has 2 aromatic carbocycles. The molecule has 1 heterocycles. The van der Waals surface area contributed by atoms with Crippen LogP contribution in [0.1, 0.15) is 21.5 Å². The predicted octanol–water partition coefficient (Wildman–Crippen LogP) is 1.80. The number of carbonyl (C=O) groups is 1. The van der Waals surface area contributed by atoms with Gasteiger partial charge in [0.1, 0.15) is 0 Å². The monoisotopic (exact) mass is 264 g/mol. The highest BCUT2D eigenvalue weighted by Gasteiger charge is 2.28. The summed E-state index contributed by atoms with van der Waals surface area (Å²) in [5, 5.41) is 9.80. The van der Waals surface area contributed by atoms with Gasteiger partial charge in [-0.1, -0.05) is 54.6 Å². The molecule has 1 aliphatic rings. The van der Waals surface area contributed by atoms with Gasteiger partial charge in [-0.05, 0) is 22.7 Å². The van der Waals surface area contributed by atoms with Crippen LogP contribution < -0.4 is 5.46 Å². The Hall–Kier alpha value is -2.17. The third kappa shape index (κ3) is 2.43. The lowest BCUT2D eigenvalue weighted by molar-refractivity contribution is 0.104. The molecule has 98 valence electrons. The molecule has 0 aliphatic carbocycles. The van der Waals surface area contributed by atoms with E-state index in [0.717, 1.165) is 16.6 Å². The van der Waals surface area contributed by atoms with Crippen LogP contribution in [0.25, 0.3) is 6.08 Å². The molecule has 0 saturated heterocycles. The molecular weight excluding hydrogens is 251 g/mol. The first kappa shape index (κ1) is 12.8. The Bertz CT molecular complexity index is 665. The Kier molecular flexibility index (Phi) is 3.50. The summed E-state index contributed by atoms with van der Waals surface area (Å²) >= 11 is 0. The lowest BCUT2D eigenvalue weighted by atomic mass is 9.76. The molecule has 1 N–H and O–H groups in total. The minimum Gasteiger partial charge on any atom is -0.423 e. The Morgan fingerprint density at radius 1 is 1.15 bits per heavy atom. The third-order valence-corrected chi connectivity index (χ3v) is 3.35. The molecule has 0 saturated carbocycles. The quantitative estimate of drug-likeness (QED) is 0.522. The fourth-order valence-corrected chi connectivity index (χ4v) is 2.32. The van der Waals surface area contributed by atoms with Crippen molar-refractivity contribution in [2.75, 3.05) is 0 Å². The highest BCUT2D eigenvalue weighted by Crippen LogP contribution is 2.14. The summed E-state index contributed by atoms with van der Waals surface area (Å²) in [6, 6.07) is 14.8. The van der Waals surface area contributed by atoms with E-state index in [1.807, 2.05) is 36.4 Å². The van der Waals surface area contributed by atoms with Crippen molar-refractivity contribution in [3.05, 3.63) is 71.3 Å². The summed E-state index contributed by atoms with van der Waals surface area (Å²) in [6.07, 6.45) is 3.25. The maximum Gasteiger partial charge on any atom is 0.492 e. The number of hydrogen-bond acceptors (Lipinski definition) is 3. The Balaban J connectivity index is 1.87. The largest absolute Gasteiger partial charge is 0.492 e. The van der Waals surface area contributed by atoms with Gasteiger partial charge in [0.2, 0.25) is 0 Å². The fraction of sp³-hybridized carbons (Fsp3) is 0.0625. The normalized spacial score (nSPS) is 13.8. The number of benzene rings is 2. The number of allylic oxidation sites excluding steroid dienone is 1. The number of rotatable bonds is 3. The summed E-state index contributed by atoms with van der Waals surface area (Å²) in [6.45, 7) is 0.408. The molecule has 0 atom stereocenters. The number of fused-ring (bicyclic) bond motifs is 1. The van der Waals surface area contributed by atoms with E-state index in [4.69, 9.17) is 4.65 Å². The van der Waals surface area contributed by atoms with Crippen molar-refractivity contribution < 1.29 is 14.5 Å². The Morgan fingerprint density at radius 2 is 1.95 bits per heavy atom. The Labute approximate surface area is 117 Å². The molecule has 3 nitrogen and oxygen atoms in total. The number of hydrogen-bond donors (Lipinski definition) is 1. The molecule has 0 amide bonds. The van der Waals surface area contributed by atoms with E-state index >= 15 is 0 Å². The van der Waals surface area contributed by atoms with Gasteiger partial charge < -0.3 is 9.68 Å². The van der Waals surface area contributed by atoms with Gasteiger partial charge in [-0.2, -0.15) is 0 Å². The van der Waals surface area contributed by atoms with Crippen molar-refractivity contribution >= 4 is 24.4 Å². The van der Waals surface area contributed by atoms with Crippen LogP contribution in [0.2, 0.25) is 0 Å². The van der Waals surface area contributed by atoms with Crippen molar-refractivity contribution in [2.24, 2.45) is 0 Å². The topological polar surface area (TPSA) is 46.5 Å². The average Bonchev–Trinajstić information content (AvgIpc) is 2.88. The standard InChI is InChI=1S/C16H13BO3/c18-15(12-5-2-1-3-6-12)10-9-13-7-4-8-14-11-20-17(19)16(13)14/h1-10,19H,11H2. The molecule has 0 aromatic heterocycles. The highest BCUT2D eigenvalue weighted by atomic mass is 16.5. The van der Waals surface area contributed by atoms with Gasteiger partial charge in [-0.15, -0.1) is 0 Å². The second-order valence-corrected chi connectivity index (χ2v) is 4.65. The van der Waals surface area contributed by atoms with E-state index in [2.05, 4.69) is 0 Å². The first-order valence-electron chi connectivity index (χ1n) is 6.44. The highest BCUT2D eigenvalue weighted by molar-refractivity contribution is 6.62. The zero-order chi connectivity index (χ0) is 13.9. The van der Waals surface area contributed by atoms with E-state index in [9.17, 15) is 9.82 Å². The van der Waals surface area contributed by atoms with Crippen molar-refractivity contribution in [3.8, 4) is 0 Å². The summed E-state index contributed by atoms with van der Waals surface area (Å²) in [5.41, 5.74) is 3.18. The summed E-state index contributed by atoms with van der Waals surface area (Å²) in [7, 11) is -0.905. The Morgan fingerprint density at radius 3 is 2.75 bits per heavy atom. The van der Waals surface area contributed by atoms with Crippen LogP contribution in [0.15, 0.2) is 54.6 Å². The van der Waals surface area contributed by atoms with Crippen molar-refractivity contribution in [2.45, 2.75) is 6.61 Å². The van der Waals surface area contributed by atoms with Crippen LogP contribution in [0.5, 0.6) is 0 Å².